The molecule has 0 radical (unpaired) electrons. The highest BCUT2D eigenvalue weighted by Gasteiger charge is 2.22. The third-order valence-electron chi connectivity index (χ3n) is 3.12. The van der Waals surface area contributed by atoms with Crippen molar-refractivity contribution in [1.82, 2.24) is 4.90 Å². The zero-order valence-electron chi connectivity index (χ0n) is 12.3. The van der Waals surface area contributed by atoms with E-state index < -0.39 is 12.1 Å². The van der Waals surface area contributed by atoms with Gasteiger partial charge < -0.3 is 15.4 Å². The molecule has 0 aliphatic carbocycles. The second kappa shape index (κ2) is 7.53. The third-order valence-corrected chi connectivity index (χ3v) is 3.12. The second-order valence-electron chi connectivity index (χ2n) is 4.52. The van der Waals surface area contributed by atoms with Crippen LogP contribution in [0, 0.1) is 0 Å². The van der Waals surface area contributed by atoms with Crippen LogP contribution in [-0.2, 0) is 20.7 Å². The SMILES string of the molecule is CCN(CC)C(=O)C(C)OC(=O)Cc1ccccc1N. The largest absolute Gasteiger partial charge is 0.452 e. The number of carbonyl (C=O) groups is 2. The maximum Gasteiger partial charge on any atom is 0.311 e. The molecule has 0 saturated heterocycles. The number of hydrogen-bond donors (Lipinski definition) is 1. The Bertz CT molecular complexity index is 470. The summed E-state index contributed by atoms with van der Waals surface area (Å²) in [5, 5.41) is 0. The summed E-state index contributed by atoms with van der Waals surface area (Å²) in [7, 11) is 0. The first-order valence-electron chi connectivity index (χ1n) is 6.81. The Morgan fingerprint density at radius 2 is 1.85 bits per heavy atom. The minimum absolute atomic E-state index is 0.0720. The summed E-state index contributed by atoms with van der Waals surface area (Å²) in [4.78, 5) is 25.4. The first-order chi connectivity index (χ1) is 9.49. The van der Waals surface area contributed by atoms with Crippen molar-refractivity contribution >= 4 is 17.6 Å². The van der Waals surface area contributed by atoms with Gasteiger partial charge in [-0.05, 0) is 32.4 Å². The van der Waals surface area contributed by atoms with Crippen LogP contribution in [0.1, 0.15) is 26.3 Å². The molecule has 0 aromatic heterocycles. The molecule has 110 valence electrons. The van der Waals surface area contributed by atoms with Crippen molar-refractivity contribution in [3.8, 4) is 0 Å². The molecule has 1 aromatic carbocycles. The number of carbonyl (C=O) groups excluding carboxylic acids is 2. The van der Waals surface area contributed by atoms with E-state index in [0.717, 1.165) is 0 Å². The Hall–Kier alpha value is -2.04. The van der Waals surface area contributed by atoms with Gasteiger partial charge in [-0.15, -0.1) is 0 Å². The van der Waals surface area contributed by atoms with Gasteiger partial charge in [-0.2, -0.15) is 0 Å². The van der Waals surface area contributed by atoms with Gasteiger partial charge in [-0.1, -0.05) is 18.2 Å². The summed E-state index contributed by atoms with van der Waals surface area (Å²) >= 11 is 0. The molecule has 1 amide bonds. The molecule has 0 aliphatic heterocycles. The van der Waals surface area contributed by atoms with Crippen LogP contribution in [0.5, 0.6) is 0 Å². The van der Waals surface area contributed by atoms with Crippen LogP contribution in [0.4, 0.5) is 5.69 Å². The van der Waals surface area contributed by atoms with E-state index >= 15 is 0 Å². The fraction of sp³-hybridized carbons (Fsp3) is 0.467. The van der Waals surface area contributed by atoms with Crippen LogP contribution in [0.25, 0.3) is 0 Å². The maximum atomic E-state index is 12.0. The molecule has 1 unspecified atom stereocenters. The standard InChI is InChI=1S/C15H22N2O3/c1-4-17(5-2)15(19)11(3)20-14(18)10-12-8-6-7-9-13(12)16/h6-9,11H,4-5,10,16H2,1-3H3. The number of nitrogen functional groups attached to an aromatic ring is 1. The Morgan fingerprint density at radius 3 is 2.40 bits per heavy atom. The van der Waals surface area contributed by atoms with Gasteiger partial charge in [0.15, 0.2) is 6.10 Å². The first kappa shape index (κ1) is 16.0. The van der Waals surface area contributed by atoms with Gasteiger partial charge in [0.25, 0.3) is 5.91 Å². The van der Waals surface area contributed by atoms with Gasteiger partial charge in [-0.25, -0.2) is 0 Å². The van der Waals surface area contributed by atoms with E-state index in [1.165, 1.54) is 0 Å². The molecule has 1 atom stereocenters. The van der Waals surface area contributed by atoms with Gasteiger partial charge in [0.1, 0.15) is 0 Å². The van der Waals surface area contributed by atoms with Crippen molar-refractivity contribution in [2.45, 2.75) is 33.3 Å². The highest BCUT2D eigenvalue weighted by Crippen LogP contribution is 2.12. The first-order valence-corrected chi connectivity index (χ1v) is 6.81. The molecule has 0 fully saturated rings. The quantitative estimate of drug-likeness (QED) is 0.634. The van der Waals surface area contributed by atoms with E-state index in [1.807, 2.05) is 19.9 Å². The molecule has 0 bridgehead atoms. The van der Waals surface area contributed by atoms with E-state index in [1.54, 1.807) is 30.0 Å². The maximum absolute atomic E-state index is 12.0. The Kier molecular flexibility index (Phi) is 6.03. The number of nitrogens with zero attached hydrogens (tertiary/aromatic N) is 1. The Labute approximate surface area is 119 Å². The fourth-order valence-electron chi connectivity index (χ4n) is 1.93. The van der Waals surface area contributed by atoms with E-state index in [2.05, 4.69) is 0 Å². The average molecular weight is 278 g/mol. The summed E-state index contributed by atoms with van der Waals surface area (Å²) in [5.74, 6) is -0.625. The van der Waals surface area contributed by atoms with Gasteiger partial charge >= 0.3 is 5.97 Å². The van der Waals surface area contributed by atoms with Crippen molar-refractivity contribution in [2.75, 3.05) is 18.8 Å². The van der Waals surface area contributed by atoms with Crippen LogP contribution in [0.15, 0.2) is 24.3 Å². The van der Waals surface area contributed by atoms with Crippen molar-refractivity contribution in [3.63, 3.8) is 0 Å². The lowest BCUT2D eigenvalue weighted by Crippen LogP contribution is -2.39. The molecule has 0 heterocycles. The lowest BCUT2D eigenvalue weighted by molar-refractivity contribution is -0.158. The Balaban J connectivity index is 2.58. The number of likely N-dealkylation sites (N-methyl/N-ethyl adjacent to an activating group) is 1. The van der Waals surface area contributed by atoms with Crippen LogP contribution in [0.2, 0.25) is 0 Å². The molecule has 1 rings (SSSR count). The summed E-state index contributed by atoms with van der Waals surface area (Å²) in [6.45, 7) is 6.57. The predicted molar refractivity (Wildman–Crippen MR) is 78.0 cm³/mol. The molecule has 0 spiro atoms. The molecule has 1 aromatic rings. The van der Waals surface area contributed by atoms with Crippen LogP contribution in [-0.4, -0.2) is 36.0 Å². The monoisotopic (exact) mass is 278 g/mol. The van der Waals surface area contributed by atoms with Crippen molar-refractivity contribution in [2.24, 2.45) is 0 Å². The van der Waals surface area contributed by atoms with E-state index in [4.69, 9.17) is 10.5 Å². The smallest absolute Gasteiger partial charge is 0.311 e. The van der Waals surface area contributed by atoms with Crippen LogP contribution >= 0.6 is 0 Å². The summed E-state index contributed by atoms with van der Waals surface area (Å²) in [5.41, 5.74) is 7.02. The molecule has 2 N–H and O–H groups in total. The molecular weight excluding hydrogens is 256 g/mol. The van der Waals surface area contributed by atoms with Crippen LogP contribution < -0.4 is 5.73 Å². The molecule has 5 nitrogen and oxygen atoms in total. The summed E-state index contributed by atoms with van der Waals surface area (Å²) in [6.07, 6.45) is -0.699. The fourth-order valence-corrected chi connectivity index (χ4v) is 1.93. The summed E-state index contributed by atoms with van der Waals surface area (Å²) in [6, 6.07) is 7.11. The van der Waals surface area contributed by atoms with Gasteiger partial charge in [0.05, 0.1) is 6.42 Å². The second-order valence-corrected chi connectivity index (χ2v) is 4.52. The molecule has 0 aliphatic rings. The number of rotatable bonds is 6. The minimum atomic E-state index is -0.771. The highest BCUT2D eigenvalue weighted by molar-refractivity contribution is 5.84. The number of hydrogen-bond acceptors (Lipinski definition) is 4. The topological polar surface area (TPSA) is 72.6 Å². The number of nitrogens with two attached hydrogens (primary N) is 1. The molecule has 0 saturated carbocycles. The Morgan fingerprint density at radius 1 is 1.25 bits per heavy atom. The predicted octanol–water partition coefficient (Wildman–Crippen LogP) is 1.61. The van der Waals surface area contributed by atoms with Crippen molar-refractivity contribution in [1.29, 1.82) is 0 Å². The molecule has 5 heteroatoms. The average Bonchev–Trinajstić information content (AvgIpc) is 2.42. The normalized spacial score (nSPS) is 11.8. The van der Waals surface area contributed by atoms with Gasteiger partial charge in [0.2, 0.25) is 0 Å². The van der Waals surface area contributed by atoms with E-state index in [0.29, 0.717) is 24.3 Å². The zero-order chi connectivity index (χ0) is 15.1. The summed E-state index contributed by atoms with van der Waals surface area (Å²) < 4.78 is 5.17. The molecular formula is C15H22N2O3. The number of esters is 1. The van der Waals surface area contributed by atoms with E-state index in [-0.39, 0.29) is 12.3 Å². The van der Waals surface area contributed by atoms with E-state index in [9.17, 15) is 9.59 Å². The number of para-hydroxylation sites is 1. The number of anilines is 1. The number of benzene rings is 1. The number of ether oxygens (including phenoxy) is 1. The van der Waals surface area contributed by atoms with Crippen molar-refractivity contribution < 1.29 is 14.3 Å². The van der Waals surface area contributed by atoms with Crippen molar-refractivity contribution in [3.05, 3.63) is 29.8 Å². The minimum Gasteiger partial charge on any atom is -0.452 e. The third kappa shape index (κ3) is 4.26. The molecule has 20 heavy (non-hydrogen) atoms. The highest BCUT2D eigenvalue weighted by atomic mass is 16.5. The van der Waals surface area contributed by atoms with Gasteiger partial charge in [0, 0.05) is 18.8 Å². The van der Waals surface area contributed by atoms with Crippen LogP contribution in [0.3, 0.4) is 0 Å². The van der Waals surface area contributed by atoms with Gasteiger partial charge in [-0.3, -0.25) is 9.59 Å². The zero-order valence-corrected chi connectivity index (χ0v) is 12.3. The lowest BCUT2D eigenvalue weighted by atomic mass is 10.1. The lowest BCUT2D eigenvalue weighted by Gasteiger charge is -2.22. The number of amides is 1.